The number of carbonyl (C=O) groups excluding carboxylic acids is 1. The summed E-state index contributed by atoms with van der Waals surface area (Å²) in [6.45, 7) is 3.56. The molecule has 0 aliphatic heterocycles. The molecule has 0 radical (unpaired) electrons. The van der Waals surface area contributed by atoms with Crippen molar-refractivity contribution in [1.82, 2.24) is 15.1 Å². The first-order chi connectivity index (χ1) is 9.97. The molecule has 0 fully saturated rings. The maximum Gasteiger partial charge on any atom is 0.308 e. The summed E-state index contributed by atoms with van der Waals surface area (Å²) in [6, 6.07) is 8.86. The number of nitrogens with zero attached hydrogens (tertiary/aromatic N) is 2. The van der Waals surface area contributed by atoms with Crippen molar-refractivity contribution in [3.05, 3.63) is 47.8 Å². The quantitative estimate of drug-likeness (QED) is 0.875. The summed E-state index contributed by atoms with van der Waals surface area (Å²) in [5, 5.41) is 15.7. The minimum Gasteiger partial charge on any atom is -0.481 e. The minimum atomic E-state index is -0.931. The number of aromatic nitrogens is 2. The normalized spacial score (nSPS) is 11.9. The Morgan fingerprint density at radius 3 is 2.48 bits per heavy atom. The van der Waals surface area contributed by atoms with Crippen molar-refractivity contribution in [1.29, 1.82) is 0 Å². The van der Waals surface area contributed by atoms with Crippen LogP contribution in [0.1, 0.15) is 23.0 Å². The highest BCUT2D eigenvalue weighted by molar-refractivity contribution is 5.94. The molecule has 0 saturated heterocycles. The van der Waals surface area contributed by atoms with E-state index in [2.05, 4.69) is 10.4 Å². The van der Waals surface area contributed by atoms with Crippen LogP contribution in [0, 0.1) is 12.8 Å². The zero-order chi connectivity index (χ0) is 15.4. The first-order valence-electron chi connectivity index (χ1n) is 6.61. The van der Waals surface area contributed by atoms with Gasteiger partial charge in [-0.3, -0.25) is 9.59 Å². The van der Waals surface area contributed by atoms with Gasteiger partial charge in [0.2, 0.25) is 0 Å². The molecule has 110 valence electrons. The Labute approximate surface area is 122 Å². The van der Waals surface area contributed by atoms with Gasteiger partial charge in [0, 0.05) is 18.3 Å². The van der Waals surface area contributed by atoms with E-state index in [4.69, 9.17) is 5.11 Å². The molecule has 2 rings (SSSR count). The first-order valence-corrected chi connectivity index (χ1v) is 6.61. The predicted octanol–water partition coefficient (Wildman–Crippen LogP) is 1.63. The van der Waals surface area contributed by atoms with Crippen LogP contribution in [0.5, 0.6) is 0 Å². The molecule has 6 heteroatoms. The second-order valence-corrected chi connectivity index (χ2v) is 4.90. The number of benzene rings is 1. The van der Waals surface area contributed by atoms with E-state index in [1.807, 2.05) is 19.2 Å². The number of amides is 1. The number of hydrogen-bond acceptors (Lipinski definition) is 3. The molecule has 0 saturated carbocycles. The van der Waals surface area contributed by atoms with Crippen LogP contribution in [0.25, 0.3) is 5.69 Å². The molecular formula is C15H17N3O3. The van der Waals surface area contributed by atoms with Crippen molar-refractivity contribution in [2.45, 2.75) is 13.8 Å². The van der Waals surface area contributed by atoms with Crippen molar-refractivity contribution in [3.63, 3.8) is 0 Å². The second kappa shape index (κ2) is 6.21. The molecule has 2 aromatic rings. The van der Waals surface area contributed by atoms with Gasteiger partial charge >= 0.3 is 5.97 Å². The Hall–Kier alpha value is -2.63. The van der Waals surface area contributed by atoms with Crippen LogP contribution in [0.2, 0.25) is 0 Å². The lowest BCUT2D eigenvalue weighted by atomic mass is 10.1. The summed E-state index contributed by atoms with van der Waals surface area (Å²) < 4.78 is 1.73. The molecule has 1 amide bonds. The molecular weight excluding hydrogens is 270 g/mol. The number of carboxylic acids is 1. The molecule has 0 aliphatic carbocycles. The van der Waals surface area contributed by atoms with Crippen molar-refractivity contribution >= 4 is 11.9 Å². The molecule has 1 unspecified atom stereocenters. The Morgan fingerprint density at radius 2 is 1.95 bits per heavy atom. The average molecular weight is 287 g/mol. The fourth-order valence-electron chi connectivity index (χ4n) is 1.76. The van der Waals surface area contributed by atoms with E-state index in [-0.39, 0.29) is 12.5 Å². The average Bonchev–Trinajstić information content (AvgIpc) is 2.91. The molecule has 1 aromatic heterocycles. The highest BCUT2D eigenvalue weighted by Gasteiger charge is 2.13. The van der Waals surface area contributed by atoms with E-state index < -0.39 is 11.9 Å². The second-order valence-electron chi connectivity index (χ2n) is 4.90. The Bertz CT molecular complexity index is 646. The van der Waals surface area contributed by atoms with Gasteiger partial charge in [-0.1, -0.05) is 6.92 Å². The topological polar surface area (TPSA) is 84.2 Å². The van der Waals surface area contributed by atoms with Gasteiger partial charge < -0.3 is 10.4 Å². The molecule has 1 heterocycles. The third kappa shape index (κ3) is 3.68. The van der Waals surface area contributed by atoms with Gasteiger partial charge in [0.25, 0.3) is 5.91 Å². The van der Waals surface area contributed by atoms with Gasteiger partial charge in [0.1, 0.15) is 0 Å². The van der Waals surface area contributed by atoms with E-state index in [1.54, 1.807) is 35.9 Å². The highest BCUT2D eigenvalue weighted by atomic mass is 16.4. The summed E-state index contributed by atoms with van der Waals surface area (Å²) >= 11 is 0. The standard InChI is InChI=1S/C15H17N3O3/c1-10(15(20)21)9-16-14(19)12-3-5-13(6-4-12)18-8-7-11(2)17-18/h3-8,10H,9H2,1-2H3,(H,16,19)(H,20,21). The summed E-state index contributed by atoms with van der Waals surface area (Å²) in [5.41, 5.74) is 2.26. The number of carboxylic acid groups (broad SMARTS) is 1. The number of hydrogen-bond donors (Lipinski definition) is 2. The largest absolute Gasteiger partial charge is 0.481 e. The lowest BCUT2D eigenvalue weighted by Gasteiger charge is -2.09. The Balaban J connectivity index is 2.01. The van der Waals surface area contributed by atoms with Gasteiger partial charge in [-0.15, -0.1) is 0 Å². The molecule has 1 aromatic carbocycles. The van der Waals surface area contributed by atoms with Gasteiger partial charge in [-0.25, -0.2) is 4.68 Å². The fraction of sp³-hybridized carbons (Fsp3) is 0.267. The van der Waals surface area contributed by atoms with Crippen LogP contribution in [-0.4, -0.2) is 33.3 Å². The van der Waals surface area contributed by atoms with Gasteiger partial charge in [0.05, 0.1) is 17.3 Å². The molecule has 0 bridgehead atoms. The Morgan fingerprint density at radius 1 is 1.29 bits per heavy atom. The number of nitrogens with one attached hydrogen (secondary N) is 1. The lowest BCUT2D eigenvalue weighted by Crippen LogP contribution is -2.31. The molecule has 0 spiro atoms. The number of aryl methyl sites for hydroxylation is 1. The molecule has 2 N–H and O–H groups in total. The maximum absolute atomic E-state index is 11.9. The monoisotopic (exact) mass is 287 g/mol. The van der Waals surface area contributed by atoms with E-state index in [0.717, 1.165) is 11.4 Å². The smallest absolute Gasteiger partial charge is 0.308 e. The predicted molar refractivity (Wildman–Crippen MR) is 77.4 cm³/mol. The summed E-state index contributed by atoms with van der Waals surface area (Å²) in [5.74, 6) is -1.83. The van der Waals surface area contributed by atoms with Crippen molar-refractivity contribution < 1.29 is 14.7 Å². The van der Waals surface area contributed by atoms with Gasteiger partial charge in [-0.2, -0.15) is 5.10 Å². The summed E-state index contributed by atoms with van der Waals surface area (Å²) in [7, 11) is 0. The summed E-state index contributed by atoms with van der Waals surface area (Å²) in [4.78, 5) is 22.6. The lowest BCUT2D eigenvalue weighted by molar-refractivity contribution is -0.140. The van der Waals surface area contributed by atoms with Crippen LogP contribution in [-0.2, 0) is 4.79 Å². The van der Waals surface area contributed by atoms with Crippen molar-refractivity contribution in [3.8, 4) is 5.69 Å². The SMILES string of the molecule is Cc1ccn(-c2ccc(C(=O)NCC(C)C(=O)O)cc2)n1. The van der Waals surface area contributed by atoms with Crippen LogP contribution in [0.4, 0.5) is 0 Å². The zero-order valence-electron chi connectivity index (χ0n) is 11.9. The van der Waals surface area contributed by atoms with E-state index in [9.17, 15) is 9.59 Å². The van der Waals surface area contributed by atoms with Crippen molar-refractivity contribution in [2.75, 3.05) is 6.54 Å². The third-order valence-electron chi connectivity index (χ3n) is 3.11. The van der Waals surface area contributed by atoms with Crippen LogP contribution < -0.4 is 5.32 Å². The van der Waals surface area contributed by atoms with Gasteiger partial charge in [0.15, 0.2) is 0 Å². The van der Waals surface area contributed by atoms with Crippen LogP contribution in [0.15, 0.2) is 36.5 Å². The highest BCUT2D eigenvalue weighted by Crippen LogP contribution is 2.09. The molecule has 6 nitrogen and oxygen atoms in total. The Kier molecular flexibility index (Phi) is 4.37. The number of rotatable bonds is 5. The fourth-order valence-corrected chi connectivity index (χ4v) is 1.76. The van der Waals surface area contributed by atoms with E-state index >= 15 is 0 Å². The number of carbonyl (C=O) groups is 2. The third-order valence-corrected chi connectivity index (χ3v) is 3.11. The molecule has 1 atom stereocenters. The van der Waals surface area contributed by atoms with Crippen LogP contribution >= 0.6 is 0 Å². The van der Waals surface area contributed by atoms with Crippen LogP contribution in [0.3, 0.4) is 0 Å². The van der Waals surface area contributed by atoms with E-state index in [1.165, 1.54) is 0 Å². The minimum absolute atomic E-state index is 0.105. The number of aliphatic carboxylic acids is 1. The zero-order valence-corrected chi connectivity index (χ0v) is 11.9. The molecule has 0 aliphatic rings. The maximum atomic E-state index is 11.9. The molecule has 21 heavy (non-hydrogen) atoms. The van der Waals surface area contributed by atoms with Crippen molar-refractivity contribution in [2.24, 2.45) is 5.92 Å². The van der Waals surface area contributed by atoms with E-state index in [0.29, 0.717) is 5.56 Å². The first kappa shape index (κ1) is 14.8. The van der Waals surface area contributed by atoms with Gasteiger partial charge in [-0.05, 0) is 37.3 Å². The summed E-state index contributed by atoms with van der Waals surface area (Å²) in [6.07, 6.45) is 1.85.